The highest BCUT2D eigenvalue weighted by atomic mass is 35.5. The van der Waals surface area contributed by atoms with Gasteiger partial charge in [-0.05, 0) is 32.0 Å². The fourth-order valence-corrected chi connectivity index (χ4v) is 3.45. The van der Waals surface area contributed by atoms with E-state index in [2.05, 4.69) is 12.2 Å². The van der Waals surface area contributed by atoms with E-state index in [4.69, 9.17) is 27.6 Å². The zero-order chi connectivity index (χ0) is 13.1. The molecule has 1 N–H and O–H groups in total. The fourth-order valence-electron chi connectivity index (χ4n) is 1.92. The summed E-state index contributed by atoms with van der Waals surface area (Å²) < 4.78 is 6.82. The van der Waals surface area contributed by atoms with Crippen molar-refractivity contribution in [3.63, 3.8) is 0 Å². The molecule has 2 heterocycles. The maximum absolute atomic E-state index is 6.25. The summed E-state index contributed by atoms with van der Waals surface area (Å²) in [7, 11) is 0. The molecule has 1 unspecified atom stereocenters. The molecule has 1 atom stereocenters. The van der Waals surface area contributed by atoms with E-state index < -0.39 is 0 Å². The smallest absolute Gasteiger partial charge is 0.105 e. The van der Waals surface area contributed by atoms with Gasteiger partial charge < -0.3 is 9.73 Å². The van der Waals surface area contributed by atoms with Gasteiger partial charge in [-0.25, -0.2) is 0 Å². The Kier molecular flexibility index (Phi) is 4.73. The van der Waals surface area contributed by atoms with Crippen molar-refractivity contribution in [3.05, 3.63) is 44.0 Å². The van der Waals surface area contributed by atoms with Crippen molar-refractivity contribution in [2.24, 2.45) is 0 Å². The highest BCUT2D eigenvalue weighted by molar-refractivity contribution is 7.20. The van der Waals surface area contributed by atoms with Gasteiger partial charge in [0.1, 0.15) is 5.76 Å². The second kappa shape index (κ2) is 6.11. The van der Waals surface area contributed by atoms with Gasteiger partial charge >= 0.3 is 0 Å². The van der Waals surface area contributed by atoms with Crippen LogP contribution in [0.4, 0.5) is 0 Å². The molecule has 0 amide bonds. The standard InChI is InChI=1S/C13H15Cl2NOS/c1-3-5-16-12(9-4-6-17-8(9)2)10-7-11(14)18-13(10)15/h4,6-7,12,16H,3,5H2,1-2H3. The molecular formula is C13H15Cl2NOS. The highest BCUT2D eigenvalue weighted by Gasteiger charge is 2.21. The summed E-state index contributed by atoms with van der Waals surface area (Å²) in [6, 6.07) is 3.94. The first-order chi connectivity index (χ1) is 8.63. The third-order valence-corrected chi connectivity index (χ3v) is 4.32. The minimum Gasteiger partial charge on any atom is -0.469 e. The molecule has 98 valence electrons. The molecule has 2 rings (SSSR count). The van der Waals surface area contributed by atoms with E-state index in [1.165, 1.54) is 11.3 Å². The summed E-state index contributed by atoms with van der Waals surface area (Å²) in [6.07, 6.45) is 2.76. The van der Waals surface area contributed by atoms with Crippen LogP contribution in [0.15, 0.2) is 22.8 Å². The van der Waals surface area contributed by atoms with Crippen molar-refractivity contribution in [2.75, 3.05) is 6.54 Å². The Bertz CT molecular complexity index is 521. The Morgan fingerprint density at radius 3 is 2.67 bits per heavy atom. The molecule has 2 aromatic rings. The number of halogens is 2. The van der Waals surface area contributed by atoms with Crippen molar-refractivity contribution in [2.45, 2.75) is 26.3 Å². The van der Waals surface area contributed by atoms with Gasteiger partial charge in [0.15, 0.2) is 0 Å². The van der Waals surface area contributed by atoms with E-state index in [-0.39, 0.29) is 6.04 Å². The predicted octanol–water partition coefficient (Wildman–Crippen LogP) is 5.05. The third-order valence-electron chi connectivity index (χ3n) is 2.80. The van der Waals surface area contributed by atoms with Crippen molar-refractivity contribution in [1.29, 1.82) is 0 Å². The number of hydrogen-bond acceptors (Lipinski definition) is 3. The van der Waals surface area contributed by atoms with Crippen molar-refractivity contribution in [1.82, 2.24) is 5.32 Å². The Morgan fingerprint density at radius 1 is 1.39 bits per heavy atom. The summed E-state index contributed by atoms with van der Waals surface area (Å²) in [6.45, 7) is 5.01. The second-order valence-corrected chi connectivity index (χ2v) is 6.38. The van der Waals surface area contributed by atoms with Crippen LogP contribution in [0.5, 0.6) is 0 Å². The lowest BCUT2D eigenvalue weighted by Crippen LogP contribution is -2.23. The maximum Gasteiger partial charge on any atom is 0.105 e. The quantitative estimate of drug-likeness (QED) is 0.836. The molecule has 2 aromatic heterocycles. The topological polar surface area (TPSA) is 25.2 Å². The minimum atomic E-state index is 0.0416. The first-order valence-electron chi connectivity index (χ1n) is 5.85. The van der Waals surface area contributed by atoms with Gasteiger partial charge in [0.25, 0.3) is 0 Å². The van der Waals surface area contributed by atoms with E-state index in [1.54, 1.807) is 6.26 Å². The molecule has 0 bridgehead atoms. The first-order valence-corrected chi connectivity index (χ1v) is 7.42. The lowest BCUT2D eigenvalue weighted by atomic mass is 10.0. The molecule has 0 aromatic carbocycles. The summed E-state index contributed by atoms with van der Waals surface area (Å²) in [5, 5.41) is 3.49. The van der Waals surface area contributed by atoms with Gasteiger partial charge in [0.2, 0.25) is 0 Å². The second-order valence-electron chi connectivity index (χ2n) is 4.10. The summed E-state index contributed by atoms with van der Waals surface area (Å²) >= 11 is 13.7. The van der Waals surface area contributed by atoms with Crippen LogP contribution < -0.4 is 5.32 Å². The van der Waals surface area contributed by atoms with Crippen LogP contribution in [0, 0.1) is 6.92 Å². The van der Waals surface area contributed by atoms with Gasteiger partial charge in [-0.2, -0.15) is 0 Å². The molecule has 0 aliphatic heterocycles. The molecule has 0 spiro atoms. The summed E-state index contributed by atoms with van der Waals surface area (Å²) in [5.41, 5.74) is 2.13. The Labute approximate surface area is 121 Å². The average molecular weight is 304 g/mol. The molecule has 18 heavy (non-hydrogen) atoms. The highest BCUT2D eigenvalue weighted by Crippen LogP contribution is 2.38. The number of nitrogens with one attached hydrogen (secondary N) is 1. The average Bonchev–Trinajstić information content (AvgIpc) is 2.87. The number of furan rings is 1. The van der Waals surface area contributed by atoms with Crippen LogP contribution >= 0.6 is 34.5 Å². The van der Waals surface area contributed by atoms with Crippen LogP contribution in [0.2, 0.25) is 8.67 Å². The molecule has 0 fully saturated rings. The predicted molar refractivity (Wildman–Crippen MR) is 77.9 cm³/mol. The van der Waals surface area contributed by atoms with Gasteiger partial charge in [-0.15, -0.1) is 11.3 Å². The van der Waals surface area contributed by atoms with E-state index in [1.807, 2.05) is 19.1 Å². The van der Waals surface area contributed by atoms with Crippen LogP contribution in [0.25, 0.3) is 0 Å². The molecule has 0 saturated carbocycles. The monoisotopic (exact) mass is 303 g/mol. The maximum atomic E-state index is 6.25. The third kappa shape index (κ3) is 2.91. The first kappa shape index (κ1) is 13.9. The van der Waals surface area contributed by atoms with Gasteiger partial charge in [0.05, 0.1) is 21.0 Å². The lowest BCUT2D eigenvalue weighted by Gasteiger charge is -2.17. The van der Waals surface area contributed by atoms with Gasteiger partial charge in [0, 0.05) is 11.1 Å². The SMILES string of the molecule is CCCNC(c1ccoc1C)c1cc(Cl)sc1Cl. The van der Waals surface area contributed by atoms with Gasteiger partial charge in [-0.1, -0.05) is 30.1 Å². The Morgan fingerprint density at radius 2 is 2.17 bits per heavy atom. The van der Waals surface area contributed by atoms with Crippen molar-refractivity contribution < 1.29 is 4.42 Å². The van der Waals surface area contributed by atoms with Crippen molar-refractivity contribution >= 4 is 34.5 Å². The van der Waals surface area contributed by atoms with Crippen LogP contribution in [0.3, 0.4) is 0 Å². The molecule has 5 heteroatoms. The Balaban J connectivity index is 2.37. The molecular weight excluding hydrogens is 289 g/mol. The van der Waals surface area contributed by atoms with E-state index in [0.29, 0.717) is 4.34 Å². The van der Waals surface area contributed by atoms with Crippen molar-refractivity contribution in [3.8, 4) is 0 Å². The normalized spacial score (nSPS) is 12.9. The molecule has 2 nitrogen and oxygen atoms in total. The fraction of sp³-hybridized carbons (Fsp3) is 0.385. The van der Waals surface area contributed by atoms with Crippen LogP contribution in [-0.4, -0.2) is 6.54 Å². The number of aryl methyl sites for hydroxylation is 1. The lowest BCUT2D eigenvalue weighted by molar-refractivity contribution is 0.517. The van der Waals surface area contributed by atoms with E-state index in [0.717, 1.165) is 34.2 Å². The Hall–Kier alpha value is -0.480. The zero-order valence-corrected chi connectivity index (χ0v) is 12.6. The molecule has 0 aliphatic rings. The number of rotatable bonds is 5. The largest absolute Gasteiger partial charge is 0.469 e. The molecule has 0 radical (unpaired) electrons. The van der Waals surface area contributed by atoms with E-state index in [9.17, 15) is 0 Å². The van der Waals surface area contributed by atoms with Gasteiger partial charge in [-0.3, -0.25) is 0 Å². The number of thiophene rings is 1. The number of hydrogen-bond donors (Lipinski definition) is 1. The molecule has 0 aliphatic carbocycles. The minimum absolute atomic E-state index is 0.0416. The van der Waals surface area contributed by atoms with E-state index >= 15 is 0 Å². The van der Waals surface area contributed by atoms with Crippen LogP contribution in [0.1, 0.15) is 36.3 Å². The molecule has 0 saturated heterocycles. The summed E-state index contributed by atoms with van der Waals surface area (Å²) in [5.74, 6) is 0.905. The summed E-state index contributed by atoms with van der Waals surface area (Å²) in [4.78, 5) is 0. The zero-order valence-electron chi connectivity index (χ0n) is 10.3. The van der Waals surface area contributed by atoms with Crippen LogP contribution in [-0.2, 0) is 0 Å².